The summed E-state index contributed by atoms with van der Waals surface area (Å²) >= 11 is 0. The number of carbonyl (C=O) groups is 3. The van der Waals surface area contributed by atoms with Crippen LogP contribution in [0.25, 0.3) is 0 Å². The summed E-state index contributed by atoms with van der Waals surface area (Å²) in [6.45, 7) is 2.47. The van der Waals surface area contributed by atoms with Crippen molar-refractivity contribution in [2.24, 2.45) is 17.2 Å². The largest absolute Gasteiger partial charge is 0.480 e. The summed E-state index contributed by atoms with van der Waals surface area (Å²) in [6.07, 6.45) is 4.82. The third-order valence-corrected chi connectivity index (χ3v) is 2.69. The molecule has 0 radical (unpaired) electrons. The quantitative estimate of drug-likeness (QED) is 0.328. The second kappa shape index (κ2) is 15.7. The van der Waals surface area contributed by atoms with Gasteiger partial charge in [-0.2, -0.15) is 0 Å². The predicted molar refractivity (Wildman–Crippen MR) is 84.9 cm³/mol. The first-order valence-electron chi connectivity index (χ1n) is 7.53. The van der Waals surface area contributed by atoms with Crippen LogP contribution in [0.4, 0.5) is 0 Å². The molecule has 0 saturated carbocycles. The number of rotatable bonds is 11. The van der Waals surface area contributed by atoms with Crippen LogP contribution < -0.4 is 22.5 Å². The molecule has 0 spiro atoms. The maximum Gasteiger partial charge on any atom is 0.326 e. The third-order valence-electron chi connectivity index (χ3n) is 2.69. The summed E-state index contributed by atoms with van der Waals surface area (Å²) < 4.78 is 0. The highest BCUT2D eigenvalue weighted by atomic mass is 16.4. The van der Waals surface area contributed by atoms with Crippen LogP contribution in [0.5, 0.6) is 0 Å². The lowest BCUT2D eigenvalue weighted by Gasteiger charge is -2.14. The second-order valence-electron chi connectivity index (χ2n) is 4.95. The zero-order valence-electron chi connectivity index (χ0n) is 13.3. The van der Waals surface area contributed by atoms with Gasteiger partial charge < -0.3 is 27.6 Å². The summed E-state index contributed by atoms with van der Waals surface area (Å²) in [7, 11) is 0. The van der Waals surface area contributed by atoms with E-state index >= 15 is 0 Å². The SMILES string of the molecule is CC(N)=O.NCCCCCC(=O)NC(CCCCN)C(=O)O. The lowest BCUT2D eigenvalue weighted by atomic mass is 10.1. The molecule has 8 nitrogen and oxygen atoms in total. The van der Waals surface area contributed by atoms with Crippen molar-refractivity contribution in [3.8, 4) is 0 Å². The first-order valence-corrected chi connectivity index (χ1v) is 7.53. The first kappa shape index (κ1) is 22.6. The van der Waals surface area contributed by atoms with Crippen molar-refractivity contribution < 1.29 is 19.5 Å². The van der Waals surface area contributed by atoms with Crippen LogP contribution in [-0.4, -0.2) is 42.0 Å². The van der Waals surface area contributed by atoms with Gasteiger partial charge in [-0.25, -0.2) is 4.79 Å². The van der Waals surface area contributed by atoms with Gasteiger partial charge in [0.15, 0.2) is 0 Å². The fourth-order valence-electron chi connectivity index (χ4n) is 1.62. The maximum atomic E-state index is 11.5. The molecule has 0 heterocycles. The van der Waals surface area contributed by atoms with Crippen LogP contribution in [0.2, 0.25) is 0 Å². The van der Waals surface area contributed by atoms with Crippen LogP contribution in [0.15, 0.2) is 0 Å². The number of aliphatic carboxylic acids is 1. The number of carboxylic acid groups (broad SMARTS) is 1. The Morgan fingerprint density at radius 2 is 1.50 bits per heavy atom. The number of unbranched alkanes of at least 4 members (excludes halogenated alkanes) is 3. The van der Waals surface area contributed by atoms with Gasteiger partial charge in [-0.15, -0.1) is 0 Å². The minimum absolute atomic E-state index is 0.202. The van der Waals surface area contributed by atoms with Crippen molar-refractivity contribution in [1.29, 1.82) is 0 Å². The number of carboxylic acids is 1. The van der Waals surface area contributed by atoms with Crippen LogP contribution in [0, 0.1) is 0 Å². The van der Waals surface area contributed by atoms with E-state index in [9.17, 15) is 14.4 Å². The fourth-order valence-corrected chi connectivity index (χ4v) is 1.62. The van der Waals surface area contributed by atoms with E-state index in [1.165, 1.54) is 6.92 Å². The molecule has 8 N–H and O–H groups in total. The molecule has 0 saturated heterocycles. The third kappa shape index (κ3) is 18.3. The van der Waals surface area contributed by atoms with Crippen LogP contribution in [-0.2, 0) is 14.4 Å². The van der Waals surface area contributed by atoms with E-state index in [-0.39, 0.29) is 11.8 Å². The molecule has 2 amide bonds. The zero-order chi connectivity index (χ0) is 17.4. The minimum Gasteiger partial charge on any atom is -0.480 e. The van der Waals surface area contributed by atoms with Crippen molar-refractivity contribution in [3.05, 3.63) is 0 Å². The molecule has 130 valence electrons. The highest BCUT2D eigenvalue weighted by Gasteiger charge is 2.18. The molecule has 0 aliphatic heterocycles. The summed E-state index contributed by atoms with van der Waals surface area (Å²) in [4.78, 5) is 31.7. The number of nitrogens with one attached hydrogen (secondary N) is 1. The Balaban J connectivity index is 0. The Bertz CT molecular complexity index is 320. The molecule has 0 aromatic rings. The van der Waals surface area contributed by atoms with Gasteiger partial charge in [0.25, 0.3) is 0 Å². The van der Waals surface area contributed by atoms with Crippen molar-refractivity contribution in [2.45, 2.75) is 57.9 Å². The molecule has 1 atom stereocenters. The van der Waals surface area contributed by atoms with E-state index in [0.29, 0.717) is 32.4 Å². The van der Waals surface area contributed by atoms with E-state index in [1.807, 2.05) is 0 Å². The number of carbonyl (C=O) groups excluding carboxylic acids is 2. The average Bonchev–Trinajstić information content (AvgIpc) is 2.42. The summed E-state index contributed by atoms with van der Waals surface area (Å²) in [6, 6.07) is -0.793. The van der Waals surface area contributed by atoms with E-state index in [4.69, 9.17) is 16.6 Å². The van der Waals surface area contributed by atoms with Crippen molar-refractivity contribution in [1.82, 2.24) is 5.32 Å². The normalized spacial score (nSPS) is 11.0. The molecule has 0 aliphatic rings. The predicted octanol–water partition coefficient (Wildman–Crippen LogP) is -0.304. The van der Waals surface area contributed by atoms with E-state index in [2.05, 4.69) is 11.1 Å². The molecule has 0 bridgehead atoms. The Kier molecular flexibility index (Phi) is 16.1. The smallest absolute Gasteiger partial charge is 0.326 e. The minimum atomic E-state index is -0.984. The summed E-state index contributed by atoms with van der Waals surface area (Å²) in [5, 5.41) is 11.5. The highest BCUT2D eigenvalue weighted by molar-refractivity contribution is 5.83. The number of hydrogen-bond acceptors (Lipinski definition) is 5. The molecule has 0 aliphatic carbocycles. The van der Waals surface area contributed by atoms with Gasteiger partial charge in [0, 0.05) is 13.3 Å². The Morgan fingerprint density at radius 1 is 1.00 bits per heavy atom. The van der Waals surface area contributed by atoms with E-state index < -0.39 is 12.0 Å². The zero-order valence-corrected chi connectivity index (χ0v) is 13.3. The van der Waals surface area contributed by atoms with Gasteiger partial charge in [0.05, 0.1) is 0 Å². The molecule has 0 rings (SSSR count). The number of amides is 2. The molecule has 0 aromatic carbocycles. The maximum absolute atomic E-state index is 11.5. The van der Waals surface area contributed by atoms with Gasteiger partial charge >= 0.3 is 5.97 Å². The number of primary amides is 1. The standard InChI is InChI=1S/C12H25N3O3.C2H5NO/c13-8-4-1-2-7-11(16)15-10(12(17)18)6-3-5-9-14;1-2(3)4/h10H,1-9,13-14H2,(H,15,16)(H,17,18);1H3,(H2,3,4). The van der Waals surface area contributed by atoms with Crippen LogP contribution in [0.1, 0.15) is 51.9 Å². The Hall–Kier alpha value is -1.67. The Morgan fingerprint density at radius 3 is 1.95 bits per heavy atom. The fraction of sp³-hybridized carbons (Fsp3) is 0.786. The van der Waals surface area contributed by atoms with E-state index in [0.717, 1.165) is 25.7 Å². The van der Waals surface area contributed by atoms with Crippen LogP contribution in [0.3, 0.4) is 0 Å². The van der Waals surface area contributed by atoms with Crippen molar-refractivity contribution in [3.63, 3.8) is 0 Å². The summed E-state index contributed by atoms with van der Waals surface area (Å²) in [5.41, 5.74) is 15.2. The molecule has 8 heteroatoms. The van der Waals surface area contributed by atoms with Gasteiger partial charge in [-0.1, -0.05) is 6.42 Å². The molecule has 0 aromatic heterocycles. The van der Waals surface area contributed by atoms with Gasteiger partial charge in [0.2, 0.25) is 11.8 Å². The van der Waals surface area contributed by atoms with E-state index in [1.54, 1.807) is 0 Å². The Labute approximate surface area is 131 Å². The topological polar surface area (TPSA) is 162 Å². The van der Waals surface area contributed by atoms with Gasteiger partial charge in [-0.3, -0.25) is 9.59 Å². The second-order valence-corrected chi connectivity index (χ2v) is 4.95. The van der Waals surface area contributed by atoms with Crippen LogP contribution >= 0.6 is 0 Å². The van der Waals surface area contributed by atoms with Crippen molar-refractivity contribution in [2.75, 3.05) is 13.1 Å². The lowest BCUT2D eigenvalue weighted by molar-refractivity contribution is -0.142. The molecular formula is C14H30N4O4. The highest BCUT2D eigenvalue weighted by Crippen LogP contribution is 2.03. The number of nitrogens with two attached hydrogens (primary N) is 3. The van der Waals surface area contributed by atoms with Crippen molar-refractivity contribution >= 4 is 17.8 Å². The van der Waals surface area contributed by atoms with Gasteiger partial charge in [0.1, 0.15) is 6.04 Å². The number of hydrogen-bond donors (Lipinski definition) is 5. The lowest BCUT2D eigenvalue weighted by Crippen LogP contribution is -2.40. The van der Waals surface area contributed by atoms with Gasteiger partial charge in [-0.05, 0) is 45.2 Å². The monoisotopic (exact) mass is 318 g/mol. The molecular weight excluding hydrogens is 288 g/mol. The first-order chi connectivity index (χ1) is 10.3. The summed E-state index contributed by atoms with van der Waals surface area (Å²) in [5.74, 6) is -1.52. The molecule has 22 heavy (non-hydrogen) atoms. The average molecular weight is 318 g/mol. The molecule has 0 fully saturated rings. The molecule has 1 unspecified atom stereocenters.